The molecule has 0 saturated carbocycles. The van der Waals surface area contributed by atoms with Crippen molar-refractivity contribution < 1.29 is 9.18 Å². The highest BCUT2D eigenvalue weighted by molar-refractivity contribution is 7.15. The van der Waals surface area contributed by atoms with E-state index in [1.807, 2.05) is 6.20 Å². The smallest absolute Gasteiger partial charge is 0.180 e. The van der Waals surface area contributed by atoms with E-state index in [4.69, 9.17) is 5.73 Å². The predicted octanol–water partition coefficient (Wildman–Crippen LogP) is 3.38. The van der Waals surface area contributed by atoms with Crippen molar-refractivity contribution in [2.75, 3.05) is 18.8 Å². The van der Waals surface area contributed by atoms with Crippen molar-refractivity contribution in [1.82, 2.24) is 9.88 Å². The lowest BCUT2D eigenvalue weighted by atomic mass is 9.89. The van der Waals surface area contributed by atoms with Crippen molar-refractivity contribution in [3.63, 3.8) is 0 Å². The molecule has 7 heteroatoms. The number of nitrogens with two attached hydrogens (primary N) is 1. The summed E-state index contributed by atoms with van der Waals surface area (Å²) in [4.78, 5) is 19.9. The third kappa shape index (κ3) is 4.50. The maximum Gasteiger partial charge on any atom is 0.180 e. The Morgan fingerprint density at radius 2 is 1.96 bits per heavy atom. The minimum absolute atomic E-state index is 0. The Morgan fingerprint density at radius 1 is 1.30 bits per heavy atom. The number of halogens is 2. The van der Waals surface area contributed by atoms with Gasteiger partial charge in [0.15, 0.2) is 10.9 Å². The average molecular weight is 356 g/mol. The standard InChI is InChI=1S/C16H18FN3OS.ClH/c17-13-3-1-11(2-4-13)15(21)12-5-7-20(8-6-12)10-14-9-19-16(18)22-14;/h1-4,9,12H,5-8,10H2,(H2,18,19);1H. The van der Waals surface area contributed by atoms with Gasteiger partial charge in [-0.3, -0.25) is 9.69 Å². The highest BCUT2D eigenvalue weighted by Gasteiger charge is 2.26. The van der Waals surface area contributed by atoms with Gasteiger partial charge in [-0.25, -0.2) is 9.37 Å². The molecule has 0 radical (unpaired) electrons. The number of rotatable bonds is 4. The van der Waals surface area contributed by atoms with Crippen molar-refractivity contribution in [3.05, 3.63) is 46.7 Å². The van der Waals surface area contributed by atoms with Gasteiger partial charge in [0.25, 0.3) is 0 Å². The summed E-state index contributed by atoms with van der Waals surface area (Å²) in [5.41, 5.74) is 6.24. The number of thiazole rings is 1. The maximum absolute atomic E-state index is 12.9. The van der Waals surface area contributed by atoms with Crippen LogP contribution in [0.5, 0.6) is 0 Å². The van der Waals surface area contributed by atoms with Crippen LogP contribution in [0.15, 0.2) is 30.5 Å². The van der Waals surface area contributed by atoms with Crippen LogP contribution in [-0.2, 0) is 6.54 Å². The van der Waals surface area contributed by atoms with Gasteiger partial charge in [0.1, 0.15) is 5.82 Å². The first-order chi connectivity index (χ1) is 10.6. The van der Waals surface area contributed by atoms with Gasteiger partial charge in [0, 0.05) is 29.1 Å². The topological polar surface area (TPSA) is 59.2 Å². The number of hydrogen-bond acceptors (Lipinski definition) is 5. The monoisotopic (exact) mass is 355 g/mol. The molecule has 1 aliphatic heterocycles. The number of hydrogen-bond donors (Lipinski definition) is 1. The lowest BCUT2D eigenvalue weighted by molar-refractivity contribution is 0.0835. The van der Waals surface area contributed by atoms with Gasteiger partial charge < -0.3 is 5.73 Å². The zero-order valence-corrected chi connectivity index (χ0v) is 14.2. The van der Waals surface area contributed by atoms with Crippen LogP contribution in [-0.4, -0.2) is 28.8 Å². The van der Waals surface area contributed by atoms with Crippen molar-refractivity contribution in [2.24, 2.45) is 5.92 Å². The average Bonchev–Trinajstić information content (AvgIpc) is 2.93. The third-order valence-electron chi connectivity index (χ3n) is 4.04. The minimum Gasteiger partial charge on any atom is -0.375 e. The van der Waals surface area contributed by atoms with E-state index >= 15 is 0 Å². The van der Waals surface area contributed by atoms with Gasteiger partial charge in [-0.2, -0.15) is 0 Å². The fourth-order valence-corrected chi connectivity index (χ4v) is 3.55. The van der Waals surface area contributed by atoms with Crippen LogP contribution in [0.3, 0.4) is 0 Å². The molecular weight excluding hydrogens is 337 g/mol. The molecule has 23 heavy (non-hydrogen) atoms. The summed E-state index contributed by atoms with van der Waals surface area (Å²) in [6.07, 6.45) is 3.49. The van der Waals surface area contributed by atoms with Crippen LogP contribution < -0.4 is 5.73 Å². The number of piperidine rings is 1. The molecule has 4 nitrogen and oxygen atoms in total. The summed E-state index contributed by atoms with van der Waals surface area (Å²) in [6.45, 7) is 2.61. The summed E-state index contributed by atoms with van der Waals surface area (Å²) in [5.74, 6) is -0.148. The number of ketones is 1. The Kier molecular flexibility index (Phi) is 6.10. The van der Waals surface area contributed by atoms with Crippen molar-refractivity contribution in [1.29, 1.82) is 0 Å². The van der Waals surface area contributed by atoms with Crippen LogP contribution in [0, 0.1) is 11.7 Å². The molecular formula is C16H19ClFN3OS. The number of nitrogens with zero attached hydrogens (tertiary/aromatic N) is 2. The zero-order chi connectivity index (χ0) is 15.5. The lowest BCUT2D eigenvalue weighted by Crippen LogP contribution is -2.35. The highest BCUT2D eigenvalue weighted by Crippen LogP contribution is 2.24. The molecule has 2 N–H and O–H groups in total. The van der Waals surface area contributed by atoms with E-state index in [1.54, 1.807) is 12.1 Å². The number of Topliss-reactive ketones (excluding diaryl/α,β-unsaturated/α-hetero) is 1. The van der Waals surface area contributed by atoms with E-state index in [0.29, 0.717) is 10.7 Å². The Balaban J connectivity index is 0.00000192. The first-order valence-corrected chi connectivity index (χ1v) is 8.16. The Hall–Kier alpha value is -1.50. The van der Waals surface area contributed by atoms with Crippen LogP contribution >= 0.6 is 23.7 Å². The summed E-state index contributed by atoms with van der Waals surface area (Å²) in [6, 6.07) is 5.83. The second kappa shape index (κ2) is 7.86. The SMILES string of the molecule is Cl.Nc1ncc(CN2CCC(C(=O)c3ccc(F)cc3)CC2)s1. The van der Waals surface area contributed by atoms with E-state index in [9.17, 15) is 9.18 Å². The van der Waals surface area contributed by atoms with E-state index in [-0.39, 0.29) is 29.9 Å². The van der Waals surface area contributed by atoms with E-state index in [2.05, 4.69) is 9.88 Å². The lowest BCUT2D eigenvalue weighted by Gasteiger charge is -2.30. The highest BCUT2D eigenvalue weighted by atomic mass is 35.5. The van der Waals surface area contributed by atoms with Gasteiger partial charge in [-0.1, -0.05) is 0 Å². The molecule has 1 aliphatic rings. The first-order valence-electron chi connectivity index (χ1n) is 7.34. The van der Waals surface area contributed by atoms with Gasteiger partial charge in [0.05, 0.1) is 0 Å². The number of likely N-dealkylation sites (tertiary alicyclic amines) is 1. The van der Waals surface area contributed by atoms with E-state index in [1.165, 1.54) is 23.5 Å². The number of anilines is 1. The van der Waals surface area contributed by atoms with Gasteiger partial charge in [-0.15, -0.1) is 23.7 Å². The quantitative estimate of drug-likeness (QED) is 0.854. The van der Waals surface area contributed by atoms with Crippen molar-refractivity contribution in [2.45, 2.75) is 19.4 Å². The molecule has 1 aromatic heterocycles. The van der Waals surface area contributed by atoms with Crippen molar-refractivity contribution in [3.8, 4) is 0 Å². The molecule has 0 aliphatic carbocycles. The largest absolute Gasteiger partial charge is 0.375 e. The Morgan fingerprint density at radius 3 is 2.52 bits per heavy atom. The van der Waals surface area contributed by atoms with Gasteiger partial charge >= 0.3 is 0 Å². The fourth-order valence-electron chi connectivity index (χ4n) is 2.82. The number of benzene rings is 1. The summed E-state index contributed by atoms with van der Waals surface area (Å²) in [5, 5.41) is 0.594. The Labute approximate surface area is 144 Å². The molecule has 0 unspecified atom stereocenters. The minimum atomic E-state index is -0.310. The number of carbonyl (C=O) groups excluding carboxylic acids is 1. The van der Waals surface area contributed by atoms with Crippen LogP contribution in [0.4, 0.5) is 9.52 Å². The fraction of sp³-hybridized carbons (Fsp3) is 0.375. The van der Waals surface area contributed by atoms with Gasteiger partial charge in [-0.05, 0) is 50.2 Å². The Bertz CT molecular complexity index is 654. The van der Waals surface area contributed by atoms with Gasteiger partial charge in [0.2, 0.25) is 0 Å². The molecule has 0 spiro atoms. The van der Waals surface area contributed by atoms with Crippen molar-refractivity contribution >= 4 is 34.7 Å². The first kappa shape index (κ1) is 17.8. The molecule has 2 heterocycles. The van der Waals surface area contributed by atoms with Crippen LogP contribution in [0.25, 0.3) is 0 Å². The second-order valence-electron chi connectivity index (χ2n) is 5.59. The molecule has 124 valence electrons. The number of nitrogen functional groups attached to an aromatic ring is 1. The number of carbonyl (C=O) groups is 1. The summed E-state index contributed by atoms with van der Waals surface area (Å²) in [7, 11) is 0. The van der Waals surface area contributed by atoms with E-state index in [0.717, 1.165) is 37.4 Å². The molecule has 0 bridgehead atoms. The third-order valence-corrected chi connectivity index (χ3v) is 4.85. The molecule has 0 atom stereocenters. The molecule has 1 saturated heterocycles. The molecule has 3 rings (SSSR count). The maximum atomic E-state index is 12.9. The van der Waals surface area contributed by atoms with E-state index < -0.39 is 0 Å². The molecule has 1 aromatic carbocycles. The molecule has 1 fully saturated rings. The zero-order valence-electron chi connectivity index (χ0n) is 12.6. The normalized spacial score (nSPS) is 16.0. The second-order valence-corrected chi connectivity index (χ2v) is 6.73. The number of aromatic nitrogens is 1. The predicted molar refractivity (Wildman–Crippen MR) is 92.5 cm³/mol. The van der Waals surface area contributed by atoms with Crippen LogP contribution in [0.2, 0.25) is 0 Å². The van der Waals surface area contributed by atoms with Crippen LogP contribution in [0.1, 0.15) is 28.1 Å². The molecule has 2 aromatic rings. The molecule has 0 amide bonds. The summed E-state index contributed by atoms with van der Waals surface area (Å²) < 4.78 is 12.9. The summed E-state index contributed by atoms with van der Waals surface area (Å²) >= 11 is 1.51.